The second kappa shape index (κ2) is 7.98. The zero-order valence-electron chi connectivity index (χ0n) is 14.1. The maximum atomic E-state index is 12.2. The monoisotopic (exact) mass is 511 g/mol. The van der Waals surface area contributed by atoms with Crippen molar-refractivity contribution in [2.75, 3.05) is 7.11 Å². The van der Waals surface area contributed by atoms with Crippen LogP contribution in [-0.2, 0) is 0 Å². The first-order valence-electron chi connectivity index (χ1n) is 7.58. The average Bonchev–Trinajstić information content (AvgIpc) is 3.11. The summed E-state index contributed by atoms with van der Waals surface area (Å²) in [6.07, 6.45) is 1.35. The molecule has 28 heavy (non-hydrogen) atoms. The molecule has 0 radical (unpaired) electrons. The minimum atomic E-state index is -0.629. The second-order valence-corrected chi connectivity index (χ2v) is 7.02. The molecule has 0 bridgehead atoms. The summed E-state index contributed by atoms with van der Waals surface area (Å²) in [6, 6.07) is 6.95. The molecular weight excluding hydrogens is 502 g/mol. The Labute approximate surface area is 174 Å². The molecule has 0 unspecified atom stereocenters. The predicted molar refractivity (Wildman–Crippen MR) is 108 cm³/mol. The summed E-state index contributed by atoms with van der Waals surface area (Å²) in [5.74, 6) is -0.527. The first kappa shape index (κ1) is 19.8. The number of non-ortho nitro benzene ring substituents is 1. The minimum Gasteiger partial charge on any atom is -0.503 e. The number of fused-ring (bicyclic) bond motifs is 1. The van der Waals surface area contributed by atoms with Crippen molar-refractivity contribution in [3.63, 3.8) is 0 Å². The smallest absolute Gasteiger partial charge is 0.307 e. The molecule has 3 rings (SSSR count). The van der Waals surface area contributed by atoms with Crippen LogP contribution in [-0.4, -0.2) is 29.3 Å². The lowest BCUT2D eigenvalue weighted by Crippen LogP contribution is -2.16. The molecule has 0 aliphatic carbocycles. The van der Waals surface area contributed by atoms with Crippen LogP contribution >= 0.6 is 31.9 Å². The lowest BCUT2D eigenvalue weighted by molar-refractivity contribution is -0.384. The van der Waals surface area contributed by atoms with Crippen molar-refractivity contribution in [1.29, 1.82) is 0 Å². The number of nitrogens with one attached hydrogen (secondary N) is 1. The highest BCUT2D eigenvalue weighted by Gasteiger charge is 2.16. The number of halogens is 2. The van der Waals surface area contributed by atoms with E-state index < -0.39 is 10.8 Å². The molecule has 2 aromatic carbocycles. The van der Waals surface area contributed by atoms with Crippen LogP contribution in [0.5, 0.6) is 11.5 Å². The molecule has 1 heterocycles. The lowest BCUT2D eigenvalue weighted by Gasteiger charge is -2.09. The SMILES string of the molecule is COc1cc(/C=N/NC(=O)c2cc3cc([N+](=O)[O-])ccc3o2)c(Br)c(Br)c1O. The van der Waals surface area contributed by atoms with Crippen molar-refractivity contribution in [2.45, 2.75) is 0 Å². The van der Waals surface area contributed by atoms with Crippen molar-refractivity contribution in [3.8, 4) is 11.5 Å². The molecule has 11 heteroatoms. The Hall–Kier alpha value is -2.92. The third-order valence-electron chi connectivity index (χ3n) is 3.70. The van der Waals surface area contributed by atoms with Gasteiger partial charge in [-0.3, -0.25) is 14.9 Å². The van der Waals surface area contributed by atoms with E-state index in [1.165, 1.54) is 43.7 Å². The number of hydrazone groups is 1. The highest BCUT2D eigenvalue weighted by Crippen LogP contribution is 2.41. The number of nitro benzene ring substituents is 1. The Bertz CT molecular complexity index is 1130. The van der Waals surface area contributed by atoms with Gasteiger partial charge in [-0.1, -0.05) is 0 Å². The number of carbonyl (C=O) groups is 1. The number of amides is 1. The summed E-state index contributed by atoms with van der Waals surface area (Å²) in [4.78, 5) is 22.5. The third-order valence-corrected chi connectivity index (χ3v) is 5.86. The van der Waals surface area contributed by atoms with Gasteiger partial charge in [0.2, 0.25) is 0 Å². The fourth-order valence-electron chi connectivity index (χ4n) is 2.33. The van der Waals surface area contributed by atoms with Gasteiger partial charge in [-0.25, -0.2) is 5.43 Å². The molecular formula is C17H11Br2N3O6. The number of nitrogens with zero attached hydrogens (tertiary/aromatic N) is 2. The van der Waals surface area contributed by atoms with Gasteiger partial charge in [0.1, 0.15) is 5.58 Å². The highest BCUT2D eigenvalue weighted by molar-refractivity contribution is 9.13. The molecule has 0 saturated heterocycles. The van der Waals surface area contributed by atoms with E-state index in [4.69, 9.17) is 9.15 Å². The van der Waals surface area contributed by atoms with Crippen LogP contribution in [0.4, 0.5) is 5.69 Å². The summed E-state index contributed by atoms with van der Waals surface area (Å²) in [6.45, 7) is 0. The van der Waals surface area contributed by atoms with Gasteiger partial charge in [0.15, 0.2) is 17.3 Å². The summed E-state index contributed by atoms with van der Waals surface area (Å²) in [5.41, 5.74) is 3.08. The fraction of sp³-hybridized carbons (Fsp3) is 0.0588. The first-order valence-corrected chi connectivity index (χ1v) is 9.16. The standard InChI is InChI=1S/C17H11Br2N3O6/c1-27-12-6-9(14(18)15(19)16(12)23)7-20-21-17(24)13-5-8-4-10(22(25)26)2-3-11(8)28-13/h2-7,23H,1H3,(H,21,24)/b20-7+. The number of benzene rings is 2. The van der Waals surface area contributed by atoms with Crippen LogP contribution < -0.4 is 10.2 Å². The van der Waals surface area contributed by atoms with E-state index in [-0.39, 0.29) is 22.9 Å². The van der Waals surface area contributed by atoms with Crippen LogP contribution in [0.25, 0.3) is 11.0 Å². The number of ether oxygens (including phenoxy) is 1. The van der Waals surface area contributed by atoms with Crippen molar-refractivity contribution >= 4 is 60.6 Å². The number of methoxy groups -OCH3 is 1. The largest absolute Gasteiger partial charge is 0.503 e. The van der Waals surface area contributed by atoms with Crippen LogP contribution in [0, 0.1) is 10.1 Å². The second-order valence-electron chi connectivity index (χ2n) is 5.43. The van der Waals surface area contributed by atoms with Crippen molar-refractivity contribution < 1.29 is 24.0 Å². The van der Waals surface area contributed by atoms with Crippen molar-refractivity contribution in [2.24, 2.45) is 5.10 Å². The number of hydrogen-bond acceptors (Lipinski definition) is 7. The van der Waals surface area contributed by atoms with Crippen LogP contribution in [0.1, 0.15) is 16.1 Å². The molecule has 9 nitrogen and oxygen atoms in total. The molecule has 1 amide bonds. The highest BCUT2D eigenvalue weighted by atomic mass is 79.9. The zero-order chi connectivity index (χ0) is 20.4. The maximum absolute atomic E-state index is 12.2. The van der Waals surface area contributed by atoms with E-state index in [1.54, 1.807) is 0 Å². The van der Waals surface area contributed by atoms with Crippen LogP contribution in [0.2, 0.25) is 0 Å². The average molecular weight is 513 g/mol. The van der Waals surface area contributed by atoms with Gasteiger partial charge in [-0.05, 0) is 50.1 Å². The zero-order valence-corrected chi connectivity index (χ0v) is 17.3. The summed E-state index contributed by atoms with van der Waals surface area (Å²) in [7, 11) is 1.41. The molecule has 0 aliphatic heterocycles. The lowest BCUT2D eigenvalue weighted by atomic mass is 10.2. The van der Waals surface area contributed by atoms with Crippen molar-refractivity contribution in [1.82, 2.24) is 5.43 Å². The van der Waals surface area contributed by atoms with Gasteiger partial charge >= 0.3 is 5.91 Å². The molecule has 0 aliphatic rings. The summed E-state index contributed by atoms with van der Waals surface area (Å²) < 4.78 is 11.3. The number of rotatable bonds is 5. The number of phenols is 1. The van der Waals surface area contributed by atoms with Crippen molar-refractivity contribution in [3.05, 3.63) is 60.7 Å². The van der Waals surface area contributed by atoms with E-state index in [9.17, 15) is 20.0 Å². The number of hydrogen-bond donors (Lipinski definition) is 2. The van der Waals surface area contributed by atoms with E-state index in [0.29, 0.717) is 25.5 Å². The Balaban J connectivity index is 1.80. The molecule has 2 N–H and O–H groups in total. The molecule has 0 atom stereocenters. The Morgan fingerprint density at radius 3 is 2.75 bits per heavy atom. The number of aromatic hydroxyl groups is 1. The summed E-state index contributed by atoms with van der Waals surface area (Å²) >= 11 is 6.53. The van der Waals surface area contributed by atoms with Gasteiger partial charge in [0.05, 0.1) is 22.7 Å². The number of furan rings is 1. The molecule has 0 saturated carbocycles. The third kappa shape index (κ3) is 3.85. The topological polar surface area (TPSA) is 127 Å². The Morgan fingerprint density at radius 1 is 1.32 bits per heavy atom. The fourth-order valence-corrected chi connectivity index (χ4v) is 3.16. The van der Waals surface area contributed by atoms with Crippen LogP contribution in [0.3, 0.4) is 0 Å². The number of phenolic OH excluding ortho intramolecular Hbond substituents is 1. The maximum Gasteiger partial charge on any atom is 0.307 e. The van der Waals surface area contributed by atoms with Gasteiger partial charge in [0.25, 0.3) is 5.69 Å². The molecule has 0 fully saturated rings. The molecule has 3 aromatic rings. The van der Waals surface area contributed by atoms with E-state index in [2.05, 4.69) is 42.4 Å². The Morgan fingerprint density at radius 2 is 2.07 bits per heavy atom. The molecule has 144 valence electrons. The van der Waals surface area contributed by atoms with E-state index in [1.807, 2.05) is 0 Å². The number of carbonyl (C=O) groups excluding carboxylic acids is 1. The van der Waals surface area contributed by atoms with E-state index >= 15 is 0 Å². The quantitative estimate of drug-likeness (QED) is 0.297. The van der Waals surface area contributed by atoms with Gasteiger partial charge in [-0.2, -0.15) is 5.10 Å². The predicted octanol–water partition coefficient (Wildman–Crippen LogP) is 4.34. The van der Waals surface area contributed by atoms with E-state index in [0.717, 1.165) is 0 Å². The summed E-state index contributed by atoms with van der Waals surface area (Å²) in [5, 5.41) is 25.0. The van der Waals surface area contributed by atoms with Gasteiger partial charge in [0, 0.05) is 27.6 Å². The minimum absolute atomic E-state index is 0.0452. The molecule has 1 aromatic heterocycles. The first-order chi connectivity index (χ1) is 13.3. The normalized spacial score (nSPS) is 11.1. The number of nitro groups is 1. The molecule has 0 spiro atoms. The van der Waals surface area contributed by atoms with Gasteiger partial charge < -0.3 is 14.3 Å². The Kier molecular flexibility index (Phi) is 5.66. The van der Waals surface area contributed by atoms with Crippen LogP contribution in [0.15, 0.2) is 48.8 Å². The van der Waals surface area contributed by atoms with Gasteiger partial charge in [-0.15, -0.1) is 0 Å².